The van der Waals surface area contributed by atoms with Crippen molar-refractivity contribution in [3.63, 3.8) is 0 Å². The molecule has 3 saturated heterocycles. The van der Waals surface area contributed by atoms with Crippen molar-refractivity contribution in [2.75, 3.05) is 38.0 Å². The number of carbonyl (C=O) groups excluding carboxylic acids is 10. The molecule has 16 N–H and O–H groups in total. The Kier molecular flexibility index (Phi) is 28.3. The number of benzene rings is 3. The van der Waals surface area contributed by atoms with E-state index in [4.69, 9.17) is 31.9 Å². The van der Waals surface area contributed by atoms with Crippen molar-refractivity contribution in [3.8, 4) is 28.2 Å². The van der Waals surface area contributed by atoms with E-state index in [9.17, 15) is 97.5 Å². The number of fused-ring (bicyclic) bond motifs is 2. The lowest BCUT2D eigenvalue weighted by Gasteiger charge is -2.32. The minimum absolute atomic E-state index is 0.00198. The summed E-state index contributed by atoms with van der Waals surface area (Å²) in [5, 5.41) is 79.5. The summed E-state index contributed by atoms with van der Waals surface area (Å²) in [6.45, 7) is 1.88. The van der Waals surface area contributed by atoms with Gasteiger partial charge in [-0.25, -0.2) is 10.2 Å². The molecular formula is C70H85N13O23S. The predicted molar refractivity (Wildman–Crippen MR) is 380 cm³/mol. The zero-order chi connectivity index (χ0) is 77.9. The molecule has 5 heterocycles. The number of likely N-dealkylation sites (tertiary alicyclic amines) is 3. The lowest BCUT2D eigenvalue weighted by Crippen LogP contribution is -2.61. The number of nitrogens with two attached hydrogens (primary N) is 1. The standard InChI is InChI=1S/C70H85N13O23S/c1-36(67(101)83(73-33-38-24-29-105-35-38)34-55(88)81-27-6-9-50(81)63(97)77-47(19-22-57(91)92)62(96)76-46(61(71)95)18-21-56(89)90)74-66(100)60(37(2)84)79-65(99)51-10-7-28-82(51)68(102)48(20-23-58(93)94)78-64(98)49-8-5-26-80(49)54(87)11-3-4-25-72-70(107)75-39-12-15-42(69(103)104)45(30-39)59-43-16-13-40(85)31-52(43)106-53-32-41(86)14-17-44(53)59/h12-17,24,29-32,35-37,46-51,60,73,84-85H,3-11,18-23,25-28,33-34H2,1-2H3,(H2,71,95)(H,74,100)(H,76,96)(H,77,97)(H,78,98)(H,79,99)(H,89,90)(H,91,92)(H,93,94)(H,103,104)(H2,72,75,107)/t36-,37+,46-,47-,48-,49-,50-,51-,60-/m1/s1. The summed E-state index contributed by atoms with van der Waals surface area (Å²) in [4.78, 5) is 202. The van der Waals surface area contributed by atoms with Crippen molar-refractivity contribution >= 4 is 117 Å². The Morgan fingerprint density at radius 2 is 1.24 bits per heavy atom. The Morgan fingerprint density at radius 1 is 0.645 bits per heavy atom. The molecule has 107 heavy (non-hydrogen) atoms. The maximum Gasteiger partial charge on any atom is 0.336 e. The molecule has 2 aromatic carbocycles. The molecule has 3 fully saturated rings. The van der Waals surface area contributed by atoms with Crippen LogP contribution in [0.25, 0.3) is 33.4 Å². The fourth-order valence-electron chi connectivity index (χ4n) is 13.0. The number of carboxylic acid groups (broad SMARTS) is 4. The molecule has 3 aromatic rings. The van der Waals surface area contributed by atoms with Crippen LogP contribution in [-0.4, -0.2) is 226 Å². The van der Waals surface area contributed by atoms with Crippen molar-refractivity contribution in [2.45, 2.75) is 171 Å². The number of primary amides is 1. The largest absolute Gasteiger partial charge is 0.508 e. The van der Waals surface area contributed by atoms with Crippen LogP contribution in [0.5, 0.6) is 5.75 Å². The molecule has 0 unspecified atom stereocenters. The minimum Gasteiger partial charge on any atom is -0.508 e. The van der Waals surface area contributed by atoms with Gasteiger partial charge in [0.15, 0.2) is 10.5 Å². The van der Waals surface area contributed by atoms with E-state index in [0.29, 0.717) is 47.0 Å². The maximum absolute atomic E-state index is 14.5. The number of aliphatic carboxylic acids is 3. The number of nitrogens with one attached hydrogen (secondary N) is 8. The molecule has 0 bridgehead atoms. The van der Waals surface area contributed by atoms with E-state index in [-0.39, 0.29) is 116 Å². The van der Waals surface area contributed by atoms with Crippen molar-refractivity contribution in [1.82, 2.24) is 57.0 Å². The molecule has 574 valence electrons. The number of carbonyl (C=O) groups is 14. The van der Waals surface area contributed by atoms with Gasteiger partial charge in [0.2, 0.25) is 53.2 Å². The Morgan fingerprint density at radius 3 is 1.85 bits per heavy atom. The van der Waals surface area contributed by atoms with Gasteiger partial charge >= 0.3 is 23.9 Å². The molecule has 10 amide bonds. The topological polar surface area (TPSA) is 539 Å². The molecule has 9 atom stereocenters. The first kappa shape index (κ1) is 81.1. The van der Waals surface area contributed by atoms with E-state index in [1.165, 1.54) is 66.8 Å². The van der Waals surface area contributed by atoms with Crippen LogP contribution in [0.4, 0.5) is 5.69 Å². The molecule has 1 aliphatic carbocycles. The van der Waals surface area contributed by atoms with Gasteiger partial charge < -0.3 is 97.1 Å². The van der Waals surface area contributed by atoms with Crippen LogP contribution >= 0.6 is 12.2 Å². The summed E-state index contributed by atoms with van der Waals surface area (Å²) in [5.74, 6) is -14.0. The number of hydrazine groups is 1. The normalized spacial score (nSPS) is 17.1. The van der Waals surface area contributed by atoms with E-state index in [1.54, 1.807) is 18.2 Å². The Balaban J connectivity index is 0.846. The second-order valence-corrected chi connectivity index (χ2v) is 26.5. The van der Waals surface area contributed by atoms with Crippen molar-refractivity contribution in [1.29, 1.82) is 0 Å². The first-order valence-corrected chi connectivity index (χ1v) is 35.0. The number of aromatic carboxylic acids is 1. The molecular weight excluding hydrogens is 1420 g/mol. The molecule has 5 aliphatic rings. The van der Waals surface area contributed by atoms with Crippen LogP contribution in [0.15, 0.2) is 86.8 Å². The summed E-state index contributed by atoms with van der Waals surface area (Å²) in [7, 11) is 0. The summed E-state index contributed by atoms with van der Waals surface area (Å²) in [6.07, 6.45) is -0.186. The number of furan rings is 1. The van der Waals surface area contributed by atoms with Gasteiger partial charge in [0.05, 0.1) is 24.2 Å². The van der Waals surface area contributed by atoms with Crippen molar-refractivity contribution in [2.24, 2.45) is 5.73 Å². The number of thiocarbonyl (C=S) groups is 1. The predicted octanol–water partition coefficient (Wildman–Crippen LogP) is 0.429. The highest BCUT2D eigenvalue weighted by Gasteiger charge is 2.43. The quantitative estimate of drug-likeness (QED) is 0.0112. The highest BCUT2D eigenvalue weighted by Crippen LogP contribution is 2.43. The minimum atomic E-state index is -1.79. The van der Waals surface area contributed by atoms with E-state index in [2.05, 4.69) is 42.6 Å². The van der Waals surface area contributed by atoms with Crippen LogP contribution in [0.3, 0.4) is 0 Å². The number of carboxylic acids is 4. The van der Waals surface area contributed by atoms with E-state index < -0.39 is 177 Å². The molecule has 0 saturated carbocycles. The van der Waals surface area contributed by atoms with E-state index >= 15 is 0 Å². The van der Waals surface area contributed by atoms with Gasteiger partial charge in [-0.1, -0.05) is 0 Å². The van der Waals surface area contributed by atoms with E-state index in [0.717, 1.165) is 21.7 Å². The van der Waals surface area contributed by atoms with Gasteiger partial charge in [0.1, 0.15) is 72.0 Å². The SMILES string of the molecule is C[C@H](O)[C@@H](NC(=O)[C@H]1CCCN1C(=O)[C@@H](CCC(=O)O)NC(=O)[C@H]1CCCN1C(=O)CCCCNC(=S)Nc1ccc(C(=O)O)c(-c2c3ccc(=O)cc-3oc3cc(O)ccc23)c1)C(=O)N[C@H](C)C(=O)N(CC(=O)N1CCC[C@@H]1C(=O)N[C@H](CCC(=O)O)C(=O)N[C@H](CCC(=O)O)C(N)=O)NCc1ccoc1. The average molecular weight is 1510 g/mol. The van der Waals surface area contributed by atoms with Crippen LogP contribution in [-0.2, 0) is 68.9 Å². The second kappa shape index (κ2) is 37.4. The first-order chi connectivity index (χ1) is 50.9. The van der Waals surface area contributed by atoms with Gasteiger partial charge in [-0.05, 0) is 151 Å². The number of nitrogens with zero attached hydrogens (tertiary/aromatic N) is 4. The Bertz CT molecular complexity index is 4230. The maximum atomic E-state index is 14.5. The Labute approximate surface area is 615 Å². The third-order valence-corrected chi connectivity index (χ3v) is 18.6. The number of amides is 10. The highest BCUT2D eigenvalue weighted by atomic mass is 32.1. The van der Waals surface area contributed by atoms with Crippen LogP contribution in [0, 0.1) is 0 Å². The molecule has 0 radical (unpaired) electrons. The Hall–Kier alpha value is -11.6. The fourth-order valence-corrected chi connectivity index (χ4v) is 13.2. The fraction of sp³-hybridized carbons (Fsp3) is 0.457. The number of hydrogen-bond donors (Lipinski definition) is 15. The number of rotatable bonds is 36. The monoisotopic (exact) mass is 1510 g/mol. The second-order valence-electron chi connectivity index (χ2n) is 26.1. The summed E-state index contributed by atoms with van der Waals surface area (Å²) in [5.41, 5.74) is 9.98. The third kappa shape index (κ3) is 21.8. The lowest BCUT2D eigenvalue weighted by atomic mass is 9.90. The molecule has 37 heteroatoms. The van der Waals surface area contributed by atoms with Crippen LogP contribution < -0.4 is 53.8 Å². The molecule has 36 nitrogen and oxygen atoms in total. The first-order valence-electron chi connectivity index (χ1n) is 34.6. The number of unbranched alkanes of at least 4 members (excludes halogenated alkanes) is 1. The smallest absolute Gasteiger partial charge is 0.336 e. The van der Waals surface area contributed by atoms with Gasteiger partial charge in [0.25, 0.3) is 5.91 Å². The number of aliphatic hydroxyl groups is 1. The lowest BCUT2D eigenvalue weighted by molar-refractivity contribution is -0.148. The molecule has 1 aromatic heterocycles. The number of anilines is 1. The zero-order valence-corrected chi connectivity index (χ0v) is 59.2. The van der Waals surface area contributed by atoms with Crippen LogP contribution in [0.1, 0.15) is 126 Å². The third-order valence-electron chi connectivity index (χ3n) is 18.4. The number of hydrogen-bond acceptors (Lipinski definition) is 21. The van der Waals surface area contributed by atoms with Crippen molar-refractivity contribution < 1.29 is 107 Å². The summed E-state index contributed by atoms with van der Waals surface area (Å²) in [6, 6.07) is 2.93. The molecule has 0 spiro atoms. The van der Waals surface area contributed by atoms with Crippen molar-refractivity contribution in [3.05, 3.63) is 94.5 Å². The highest BCUT2D eigenvalue weighted by molar-refractivity contribution is 7.80. The number of phenolic OH excluding ortho intramolecular Hbond substituents is 1. The van der Waals surface area contributed by atoms with Gasteiger partial charge in [0, 0.05) is 98.3 Å². The molecule has 8 rings (SSSR count). The van der Waals surface area contributed by atoms with E-state index in [1.807, 2.05) is 0 Å². The zero-order valence-electron chi connectivity index (χ0n) is 58.4. The number of aromatic hydroxyl groups is 1. The molecule has 4 aliphatic heterocycles. The summed E-state index contributed by atoms with van der Waals surface area (Å²) < 4.78 is 11.1. The number of aliphatic hydroxyl groups excluding tert-OH is 1. The van der Waals surface area contributed by atoms with Gasteiger partial charge in [-0.3, -0.25) is 72.1 Å². The number of phenols is 1. The van der Waals surface area contributed by atoms with Gasteiger partial charge in [-0.15, -0.1) is 0 Å². The average Bonchev–Trinajstić information content (AvgIpc) is 1.48. The van der Waals surface area contributed by atoms with Crippen LogP contribution in [0.2, 0.25) is 0 Å². The summed E-state index contributed by atoms with van der Waals surface area (Å²) >= 11 is 5.58. The van der Waals surface area contributed by atoms with Gasteiger partial charge in [-0.2, -0.15) is 0 Å².